The zero-order valence-corrected chi connectivity index (χ0v) is 9.00. The number of nitrogens with one attached hydrogen (secondary N) is 1. The number of carbonyl (C=O) groups is 1. The van der Waals surface area contributed by atoms with Crippen LogP contribution in [0, 0.1) is 0 Å². The zero-order valence-electron chi connectivity index (χ0n) is 8.19. The molecule has 2 aromatic heterocycles. The number of nitrogens with zero attached hydrogens (tertiary/aromatic N) is 1. The minimum absolute atomic E-state index is 0.0454. The Morgan fingerprint density at radius 1 is 1.67 bits per heavy atom. The molecule has 0 unspecified atom stereocenters. The van der Waals surface area contributed by atoms with Crippen LogP contribution in [-0.2, 0) is 11.2 Å². The van der Waals surface area contributed by atoms with E-state index in [0.29, 0.717) is 5.39 Å². The Labute approximate surface area is 90.0 Å². The summed E-state index contributed by atoms with van der Waals surface area (Å²) in [6.07, 6.45) is 2.65. The van der Waals surface area contributed by atoms with Crippen molar-refractivity contribution in [3.8, 4) is 0 Å². The lowest BCUT2D eigenvalue weighted by Crippen LogP contribution is -2.03. The van der Waals surface area contributed by atoms with Gasteiger partial charge in [0.2, 0.25) is 6.41 Å². The van der Waals surface area contributed by atoms with Gasteiger partial charge in [0.15, 0.2) is 0 Å². The van der Waals surface area contributed by atoms with Gasteiger partial charge in [0.25, 0.3) is 5.56 Å². The second kappa shape index (κ2) is 5.26. The molecular weight excluding hydrogens is 214 g/mol. The van der Waals surface area contributed by atoms with E-state index in [9.17, 15) is 4.79 Å². The first-order valence-electron chi connectivity index (χ1n) is 4.34. The van der Waals surface area contributed by atoms with Gasteiger partial charge in [0.05, 0.1) is 11.7 Å². The van der Waals surface area contributed by atoms with E-state index < -0.39 is 0 Å². The molecule has 5 nitrogen and oxygen atoms in total. The summed E-state index contributed by atoms with van der Waals surface area (Å²) >= 11 is 1.58. The lowest BCUT2D eigenvalue weighted by Gasteiger charge is -1.82. The summed E-state index contributed by atoms with van der Waals surface area (Å²) in [6, 6.07) is 1.91. The monoisotopic (exact) mass is 225 g/mol. The molecule has 80 valence electrons. The number of fused-ring (bicyclic) bond motifs is 1. The molecule has 2 heterocycles. The van der Waals surface area contributed by atoms with Crippen LogP contribution in [0.2, 0.25) is 0 Å². The van der Waals surface area contributed by atoms with Crippen molar-refractivity contribution >= 4 is 28.0 Å². The van der Waals surface area contributed by atoms with Gasteiger partial charge < -0.3 is 10.7 Å². The summed E-state index contributed by atoms with van der Waals surface area (Å²) in [5, 5.41) is 0.708. The number of carbonyl (C=O) groups excluding carboxylic acids is 1. The van der Waals surface area contributed by atoms with Gasteiger partial charge in [0, 0.05) is 4.88 Å². The highest BCUT2D eigenvalue weighted by molar-refractivity contribution is 7.18. The van der Waals surface area contributed by atoms with Gasteiger partial charge in [-0.15, -0.1) is 11.3 Å². The molecular formula is C9H11N3O2S. The molecule has 0 aliphatic heterocycles. The van der Waals surface area contributed by atoms with Crippen molar-refractivity contribution in [2.24, 2.45) is 5.73 Å². The third-order valence-electron chi connectivity index (χ3n) is 1.73. The van der Waals surface area contributed by atoms with Gasteiger partial charge in [-0.05, 0) is 12.5 Å². The molecule has 0 aromatic carbocycles. The van der Waals surface area contributed by atoms with Gasteiger partial charge in [-0.3, -0.25) is 9.59 Å². The van der Waals surface area contributed by atoms with Gasteiger partial charge in [-0.25, -0.2) is 4.98 Å². The number of hydrogen-bond donors (Lipinski definition) is 2. The molecule has 3 N–H and O–H groups in total. The molecule has 0 atom stereocenters. The first-order chi connectivity index (χ1) is 7.22. The smallest absolute Gasteiger partial charge is 0.259 e. The molecule has 0 aliphatic rings. The first-order valence-corrected chi connectivity index (χ1v) is 5.16. The zero-order chi connectivity index (χ0) is 11.3. The topological polar surface area (TPSA) is 88.8 Å². The fraction of sp³-hybridized carbons (Fsp3) is 0.222. The Kier molecular flexibility index (Phi) is 3.99. The molecule has 15 heavy (non-hydrogen) atoms. The average Bonchev–Trinajstić information content (AvgIpc) is 2.63. The second-order valence-electron chi connectivity index (χ2n) is 2.65. The van der Waals surface area contributed by atoms with Crippen LogP contribution in [0.15, 0.2) is 17.2 Å². The number of amides is 1. The van der Waals surface area contributed by atoms with Crippen molar-refractivity contribution in [2.75, 3.05) is 0 Å². The lowest BCUT2D eigenvalue weighted by atomic mass is 10.3. The van der Waals surface area contributed by atoms with Crippen molar-refractivity contribution in [1.82, 2.24) is 9.97 Å². The maximum absolute atomic E-state index is 11.2. The second-order valence-corrected chi connectivity index (χ2v) is 3.77. The predicted octanol–water partition coefficient (Wildman–Crippen LogP) is 0.649. The number of aromatic amines is 1. The van der Waals surface area contributed by atoms with E-state index >= 15 is 0 Å². The van der Waals surface area contributed by atoms with Crippen molar-refractivity contribution in [3.05, 3.63) is 27.6 Å². The molecule has 0 saturated carbocycles. The normalized spacial score (nSPS) is 9.40. The van der Waals surface area contributed by atoms with Crippen LogP contribution in [-0.4, -0.2) is 16.4 Å². The van der Waals surface area contributed by atoms with Gasteiger partial charge in [0.1, 0.15) is 4.83 Å². The van der Waals surface area contributed by atoms with E-state index in [1.807, 2.05) is 6.07 Å². The highest BCUT2D eigenvalue weighted by Crippen LogP contribution is 2.20. The number of aryl methyl sites for hydroxylation is 1. The maximum atomic E-state index is 11.2. The number of rotatable bonds is 1. The van der Waals surface area contributed by atoms with Gasteiger partial charge >= 0.3 is 0 Å². The van der Waals surface area contributed by atoms with E-state index in [1.165, 1.54) is 11.2 Å². The van der Waals surface area contributed by atoms with Crippen molar-refractivity contribution < 1.29 is 4.79 Å². The molecule has 2 rings (SSSR count). The van der Waals surface area contributed by atoms with E-state index in [4.69, 9.17) is 4.79 Å². The largest absolute Gasteiger partial charge is 0.372 e. The summed E-state index contributed by atoms with van der Waals surface area (Å²) in [7, 11) is 0. The van der Waals surface area contributed by atoms with Crippen molar-refractivity contribution in [2.45, 2.75) is 13.3 Å². The van der Waals surface area contributed by atoms with Gasteiger partial charge in [-0.2, -0.15) is 0 Å². The van der Waals surface area contributed by atoms with Crippen LogP contribution in [0.25, 0.3) is 10.2 Å². The SMILES string of the molecule is CCc1cc2c(=O)[nH]cnc2s1.NC=O. The highest BCUT2D eigenvalue weighted by Gasteiger charge is 2.03. The van der Waals surface area contributed by atoms with Crippen molar-refractivity contribution in [1.29, 1.82) is 0 Å². The Morgan fingerprint density at radius 2 is 2.33 bits per heavy atom. The lowest BCUT2D eigenvalue weighted by molar-refractivity contribution is -0.106. The van der Waals surface area contributed by atoms with Crippen molar-refractivity contribution in [3.63, 3.8) is 0 Å². The molecule has 2 aromatic rings. The molecule has 6 heteroatoms. The van der Waals surface area contributed by atoms with Crippen LogP contribution in [0.3, 0.4) is 0 Å². The Bertz CT molecular complexity index is 503. The minimum Gasteiger partial charge on any atom is -0.372 e. The fourth-order valence-electron chi connectivity index (χ4n) is 1.09. The standard InChI is InChI=1S/C8H8N2OS.CH3NO/c1-2-5-3-6-7(11)9-4-10-8(6)12-5;2-1-3/h3-4H,2H2,1H3,(H,9,10,11);1H,(H2,2,3). The Morgan fingerprint density at radius 3 is 2.87 bits per heavy atom. The number of primary amides is 1. The quantitative estimate of drug-likeness (QED) is 0.698. The first kappa shape index (κ1) is 11.4. The predicted molar refractivity (Wildman–Crippen MR) is 59.9 cm³/mol. The third-order valence-corrected chi connectivity index (χ3v) is 2.92. The summed E-state index contributed by atoms with van der Waals surface area (Å²) < 4.78 is 0. The molecule has 0 spiro atoms. The number of nitrogens with two attached hydrogens (primary N) is 1. The van der Waals surface area contributed by atoms with Crippen LogP contribution in [0.4, 0.5) is 0 Å². The number of H-pyrrole nitrogens is 1. The summed E-state index contributed by atoms with van der Waals surface area (Å²) in [5.74, 6) is 0. The van der Waals surface area contributed by atoms with Crippen LogP contribution in [0.5, 0.6) is 0 Å². The summed E-state index contributed by atoms with van der Waals surface area (Å²) in [5.41, 5.74) is 4.12. The molecule has 0 aliphatic carbocycles. The molecule has 0 bridgehead atoms. The maximum Gasteiger partial charge on any atom is 0.259 e. The third kappa shape index (κ3) is 2.63. The van der Waals surface area contributed by atoms with E-state index in [2.05, 4.69) is 22.6 Å². The average molecular weight is 225 g/mol. The van der Waals surface area contributed by atoms with Gasteiger partial charge in [-0.1, -0.05) is 6.92 Å². The number of aromatic nitrogens is 2. The van der Waals surface area contributed by atoms with E-state index in [0.717, 1.165) is 11.3 Å². The van der Waals surface area contributed by atoms with E-state index in [1.54, 1.807) is 11.3 Å². The summed E-state index contributed by atoms with van der Waals surface area (Å²) in [4.78, 5) is 28.5. The van der Waals surface area contributed by atoms with Crippen LogP contribution >= 0.6 is 11.3 Å². The Hall–Kier alpha value is -1.69. The number of thiophene rings is 1. The number of hydrogen-bond acceptors (Lipinski definition) is 4. The molecule has 0 fully saturated rings. The molecule has 0 saturated heterocycles. The highest BCUT2D eigenvalue weighted by atomic mass is 32.1. The van der Waals surface area contributed by atoms with Crippen LogP contribution in [0.1, 0.15) is 11.8 Å². The fourth-order valence-corrected chi connectivity index (χ4v) is 2.03. The molecule has 1 amide bonds. The Balaban J connectivity index is 0.000000337. The van der Waals surface area contributed by atoms with Crippen LogP contribution < -0.4 is 11.3 Å². The minimum atomic E-state index is -0.0454. The van der Waals surface area contributed by atoms with E-state index in [-0.39, 0.29) is 12.0 Å². The molecule has 0 radical (unpaired) electrons. The summed E-state index contributed by atoms with van der Waals surface area (Å²) in [6.45, 7) is 2.07.